The summed E-state index contributed by atoms with van der Waals surface area (Å²) in [5.74, 6) is 1.58. The van der Waals surface area contributed by atoms with Crippen LogP contribution in [0.15, 0.2) is 24.3 Å². The molecule has 1 fully saturated rings. The first-order valence-corrected chi connectivity index (χ1v) is 7.68. The van der Waals surface area contributed by atoms with Gasteiger partial charge in [0.15, 0.2) is 0 Å². The predicted molar refractivity (Wildman–Crippen MR) is 83.6 cm³/mol. The molecule has 2 rings (SSSR count). The third-order valence-electron chi connectivity index (χ3n) is 4.21. The quantitative estimate of drug-likeness (QED) is 0.898. The van der Waals surface area contributed by atoms with Crippen molar-refractivity contribution in [3.8, 4) is 0 Å². The molecule has 1 aliphatic rings. The maximum Gasteiger partial charge on any atom is 0.0399 e. The fourth-order valence-corrected chi connectivity index (χ4v) is 3.28. The Kier molecular flexibility index (Phi) is 4.87. The van der Waals surface area contributed by atoms with Crippen molar-refractivity contribution in [3.63, 3.8) is 0 Å². The topological polar surface area (TPSA) is 29.3 Å². The fraction of sp³-hybridized carbons (Fsp3) is 0.647. The summed E-state index contributed by atoms with van der Waals surface area (Å²) in [6, 6.07) is 9.08. The second-order valence-electron chi connectivity index (χ2n) is 6.35. The minimum absolute atomic E-state index is 0.279. The average molecular weight is 260 g/mol. The van der Waals surface area contributed by atoms with Gasteiger partial charge in [-0.15, -0.1) is 0 Å². The molecule has 2 heteroatoms. The van der Waals surface area contributed by atoms with Gasteiger partial charge >= 0.3 is 0 Å². The monoisotopic (exact) mass is 260 g/mol. The van der Waals surface area contributed by atoms with Crippen molar-refractivity contribution in [1.82, 2.24) is 0 Å². The predicted octanol–water partition coefficient (Wildman–Crippen LogP) is 3.45. The highest BCUT2D eigenvalue weighted by molar-refractivity contribution is 5.54. The van der Waals surface area contributed by atoms with Gasteiger partial charge in [-0.2, -0.15) is 0 Å². The Labute approximate surface area is 118 Å². The molecule has 0 aliphatic carbocycles. The first-order chi connectivity index (χ1) is 9.10. The number of nitrogens with two attached hydrogens (primary N) is 1. The third kappa shape index (κ3) is 3.73. The second kappa shape index (κ2) is 6.42. The molecule has 0 aromatic heterocycles. The van der Waals surface area contributed by atoms with E-state index in [0.717, 1.165) is 24.7 Å². The molecule has 1 heterocycles. The molecule has 0 amide bonds. The van der Waals surface area contributed by atoms with Gasteiger partial charge in [0.25, 0.3) is 0 Å². The van der Waals surface area contributed by atoms with E-state index in [1.807, 2.05) is 0 Å². The van der Waals surface area contributed by atoms with Crippen LogP contribution in [0.1, 0.15) is 39.2 Å². The summed E-state index contributed by atoms with van der Waals surface area (Å²) in [4.78, 5) is 2.57. The largest absolute Gasteiger partial charge is 0.371 e. The summed E-state index contributed by atoms with van der Waals surface area (Å²) in [5, 5.41) is 0. The van der Waals surface area contributed by atoms with E-state index in [4.69, 9.17) is 5.73 Å². The van der Waals surface area contributed by atoms with E-state index in [0.29, 0.717) is 0 Å². The van der Waals surface area contributed by atoms with Gasteiger partial charge in [-0.3, -0.25) is 0 Å². The summed E-state index contributed by atoms with van der Waals surface area (Å²) < 4.78 is 0. The van der Waals surface area contributed by atoms with Gasteiger partial charge in [0.2, 0.25) is 0 Å². The van der Waals surface area contributed by atoms with Crippen LogP contribution >= 0.6 is 0 Å². The van der Waals surface area contributed by atoms with E-state index in [-0.39, 0.29) is 6.04 Å². The van der Waals surface area contributed by atoms with Crippen LogP contribution < -0.4 is 10.6 Å². The molecule has 0 radical (unpaired) electrons. The maximum atomic E-state index is 6.14. The molecular weight excluding hydrogens is 232 g/mol. The van der Waals surface area contributed by atoms with Gasteiger partial charge in [0.05, 0.1) is 0 Å². The van der Waals surface area contributed by atoms with Crippen LogP contribution in [0.3, 0.4) is 0 Å². The highest BCUT2D eigenvalue weighted by Gasteiger charge is 2.23. The Hall–Kier alpha value is -1.02. The molecular formula is C17H28N2. The molecule has 0 spiro atoms. The maximum absolute atomic E-state index is 6.14. The molecule has 0 saturated carbocycles. The standard InChI is InChI=1S/C17H28N2/c1-4-16(18)10-15-7-5-6-8-17(15)19-11-13(2)9-14(3)12-19/h5-8,13-14,16H,4,9-12,18H2,1-3H3. The first-order valence-electron chi connectivity index (χ1n) is 7.68. The van der Waals surface area contributed by atoms with Crippen LogP contribution in [0, 0.1) is 11.8 Å². The lowest BCUT2D eigenvalue weighted by Gasteiger charge is -2.38. The van der Waals surface area contributed by atoms with Crippen LogP contribution in [0.25, 0.3) is 0 Å². The Bertz CT molecular complexity index is 392. The Morgan fingerprint density at radius 3 is 2.47 bits per heavy atom. The van der Waals surface area contributed by atoms with Gasteiger partial charge < -0.3 is 10.6 Å². The zero-order valence-electron chi connectivity index (χ0n) is 12.6. The molecule has 2 N–H and O–H groups in total. The number of rotatable bonds is 4. The van der Waals surface area contributed by atoms with Crippen LogP contribution in [0.4, 0.5) is 5.69 Å². The molecule has 0 bridgehead atoms. The lowest BCUT2D eigenvalue weighted by molar-refractivity contribution is 0.356. The number of piperidine rings is 1. The molecule has 1 aromatic rings. The number of nitrogens with zero attached hydrogens (tertiary/aromatic N) is 1. The number of anilines is 1. The smallest absolute Gasteiger partial charge is 0.0399 e. The van der Waals surface area contributed by atoms with Gasteiger partial charge in [0.1, 0.15) is 0 Å². The van der Waals surface area contributed by atoms with Crippen LogP contribution in [0.2, 0.25) is 0 Å². The minimum atomic E-state index is 0.279. The van der Waals surface area contributed by atoms with E-state index >= 15 is 0 Å². The average Bonchev–Trinajstić information content (AvgIpc) is 2.38. The fourth-order valence-electron chi connectivity index (χ4n) is 3.28. The Balaban J connectivity index is 2.18. The van der Waals surface area contributed by atoms with Crippen LogP contribution in [-0.2, 0) is 6.42 Å². The SMILES string of the molecule is CCC(N)Cc1ccccc1N1CC(C)CC(C)C1. The molecule has 1 aromatic carbocycles. The summed E-state index contributed by atoms with van der Waals surface area (Å²) >= 11 is 0. The third-order valence-corrected chi connectivity index (χ3v) is 4.21. The Morgan fingerprint density at radius 2 is 1.84 bits per heavy atom. The number of hydrogen-bond donors (Lipinski definition) is 1. The van der Waals surface area contributed by atoms with Crippen molar-refractivity contribution in [2.24, 2.45) is 17.6 Å². The van der Waals surface area contributed by atoms with Gasteiger partial charge in [-0.1, -0.05) is 39.0 Å². The lowest BCUT2D eigenvalue weighted by Crippen LogP contribution is -2.39. The van der Waals surface area contributed by atoms with Crippen molar-refractivity contribution in [2.45, 2.75) is 46.1 Å². The summed E-state index contributed by atoms with van der Waals surface area (Å²) in [6.45, 7) is 9.26. The zero-order chi connectivity index (χ0) is 13.8. The van der Waals surface area contributed by atoms with Gasteiger partial charge in [-0.05, 0) is 42.7 Å². The molecule has 3 unspecified atom stereocenters. The molecule has 3 atom stereocenters. The molecule has 1 aliphatic heterocycles. The zero-order valence-corrected chi connectivity index (χ0v) is 12.6. The van der Waals surface area contributed by atoms with E-state index < -0.39 is 0 Å². The summed E-state index contributed by atoms with van der Waals surface area (Å²) in [5.41, 5.74) is 8.96. The van der Waals surface area contributed by atoms with Gasteiger partial charge in [0, 0.05) is 24.8 Å². The highest BCUT2D eigenvalue weighted by Crippen LogP contribution is 2.29. The first kappa shape index (κ1) is 14.4. The number of hydrogen-bond acceptors (Lipinski definition) is 2. The van der Waals surface area contributed by atoms with Crippen LogP contribution in [-0.4, -0.2) is 19.1 Å². The number of para-hydroxylation sites is 1. The number of benzene rings is 1. The highest BCUT2D eigenvalue weighted by atomic mass is 15.1. The summed E-state index contributed by atoms with van der Waals surface area (Å²) in [7, 11) is 0. The molecule has 1 saturated heterocycles. The van der Waals surface area contributed by atoms with Crippen molar-refractivity contribution >= 4 is 5.69 Å². The van der Waals surface area contributed by atoms with Crippen molar-refractivity contribution in [2.75, 3.05) is 18.0 Å². The lowest BCUT2D eigenvalue weighted by atomic mass is 9.90. The van der Waals surface area contributed by atoms with E-state index in [2.05, 4.69) is 49.9 Å². The van der Waals surface area contributed by atoms with E-state index in [9.17, 15) is 0 Å². The Morgan fingerprint density at radius 1 is 1.21 bits per heavy atom. The molecule has 2 nitrogen and oxygen atoms in total. The molecule has 106 valence electrons. The van der Waals surface area contributed by atoms with Crippen LogP contribution in [0.5, 0.6) is 0 Å². The second-order valence-corrected chi connectivity index (χ2v) is 6.35. The van der Waals surface area contributed by atoms with Crippen molar-refractivity contribution in [1.29, 1.82) is 0 Å². The van der Waals surface area contributed by atoms with Gasteiger partial charge in [-0.25, -0.2) is 0 Å². The van der Waals surface area contributed by atoms with Crippen molar-refractivity contribution in [3.05, 3.63) is 29.8 Å². The molecule has 19 heavy (non-hydrogen) atoms. The van der Waals surface area contributed by atoms with E-state index in [1.165, 1.54) is 30.8 Å². The van der Waals surface area contributed by atoms with Crippen molar-refractivity contribution < 1.29 is 0 Å². The normalized spacial score (nSPS) is 25.4. The van der Waals surface area contributed by atoms with E-state index in [1.54, 1.807) is 0 Å². The summed E-state index contributed by atoms with van der Waals surface area (Å²) in [6.07, 6.45) is 3.39. The minimum Gasteiger partial charge on any atom is -0.371 e.